The number of allylic oxidation sites excluding steroid dienone is 1. The smallest absolute Gasteiger partial charge is 0.189 e. The van der Waals surface area contributed by atoms with Crippen molar-refractivity contribution in [2.45, 2.75) is 0 Å². The molecule has 23 heavy (non-hydrogen) atoms. The molecule has 0 fully saturated rings. The van der Waals surface area contributed by atoms with Crippen LogP contribution >= 0.6 is 0 Å². The van der Waals surface area contributed by atoms with Crippen molar-refractivity contribution in [3.05, 3.63) is 53.6 Å². The normalized spacial score (nSPS) is 10.6. The second-order valence-electron chi connectivity index (χ2n) is 4.73. The standard InChI is InChI=1S/C18H18O5/c1-21-13-5-7-18(20)16(11-13)17(19)6-4-12-8-14(22-2)10-15(9-12)23-3/h4-11,20H,1-3H3/b6-4+. The lowest BCUT2D eigenvalue weighted by atomic mass is 10.1. The van der Waals surface area contributed by atoms with Gasteiger partial charge in [-0.15, -0.1) is 0 Å². The summed E-state index contributed by atoms with van der Waals surface area (Å²) in [5.74, 6) is 1.33. The summed E-state index contributed by atoms with van der Waals surface area (Å²) in [5, 5.41) is 9.81. The minimum Gasteiger partial charge on any atom is -0.507 e. The molecule has 0 saturated heterocycles. The highest BCUT2D eigenvalue weighted by atomic mass is 16.5. The molecule has 2 aromatic rings. The topological polar surface area (TPSA) is 65.0 Å². The monoisotopic (exact) mass is 314 g/mol. The van der Waals surface area contributed by atoms with Crippen molar-refractivity contribution in [1.29, 1.82) is 0 Å². The fourth-order valence-electron chi connectivity index (χ4n) is 2.03. The molecule has 5 nitrogen and oxygen atoms in total. The molecule has 0 aromatic heterocycles. The van der Waals surface area contributed by atoms with Crippen LogP contribution in [0.15, 0.2) is 42.5 Å². The molecule has 1 N–H and O–H groups in total. The number of carbonyl (C=O) groups is 1. The maximum atomic E-state index is 12.3. The average molecular weight is 314 g/mol. The van der Waals surface area contributed by atoms with Crippen LogP contribution in [0.3, 0.4) is 0 Å². The van der Waals surface area contributed by atoms with Gasteiger partial charge in [-0.2, -0.15) is 0 Å². The number of phenolic OH excluding ortho intramolecular Hbond substituents is 1. The van der Waals surface area contributed by atoms with Gasteiger partial charge < -0.3 is 19.3 Å². The number of ether oxygens (including phenoxy) is 3. The van der Waals surface area contributed by atoms with E-state index in [2.05, 4.69) is 0 Å². The Hall–Kier alpha value is -2.95. The number of rotatable bonds is 6. The summed E-state index contributed by atoms with van der Waals surface area (Å²) in [6.45, 7) is 0. The second kappa shape index (κ2) is 7.35. The zero-order valence-electron chi connectivity index (χ0n) is 13.2. The molecule has 2 rings (SSSR count). The fraction of sp³-hybridized carbons (Fsp3) is 0.167. The molecular weight excluding hydrogens is 296 g/mol. The van der Waals surface area contributed by atoms with Crippen LogP contribution in [-0.2, 0) is 0 Å². The van der Waals surface area contributed by atoms with Crippen LogP contribution in [0.5, 0.6) is 23.0 Å². The van der Waals surface area contributed by atoms with Crippen molar-refractivity contribution in [1.82, 2.24) is 0 Å². The minimum atomic E-state index is -0.330. The Morgan fingerprint density at radius 1 is 0.913 bits per heavy atom. The van der Waals surface area contributed by atoms with Gasteiger partial charge in [-0.1, -0.05) is 6.08 Å². The predicted octanol–water partition coefficient (Wildman–Crippen LogP) is 3.31. The number of hydrogen-bond acceptors (Lipinski definition) is 5. The highest BCUT2D eigenvalue weighted by Crippen LogP contribution is 2.25. The van der Waals surface area contributed by atoms with E-state index in [4.69, 9.17) is 14.2 Å². The third-order valence-corrected chi connectivity index (χ3v) is 3.27. The molecule has 0 atom stereocenters. The summed E-state index contributed by atoms with van der Waals surface area (Å²) in [4.78, 5) is 12.3. The van der Waals surface area contributed by atoms with Crippen molar-refractivity contribution in [3.8, 4) is 23.0 Å². The Kier molecular flexibility index (Phi) is 5.25. The van der Waals surface area contributed by atoms with Crippen LogP contribution in [0.1, 0.15) is 15.9 Å². The second-order valence-corrected chi connectivity index (χ2v) is 4.73. The Balaban J connectivity index is 2.28. The van der Waals surface area contributed by atoms with E-state index < -0.39 is 0 Å². The minimum absolute atomic E-state index is 0.0938. The molecule has 0 spiro atoms. The fourth-order valence-corrected chi connectivity index (χ4v) is 2.03. The van der Waals surface area contributed by atoms with Gasteiger partial charge in [0.1, 0.15) is 23.0 Å². The quantitative estimate of drug-likeness (QED) is 0.654. The lowest BCUT2D eigenvalue weighted by molar-refractivity contribution is 0.104. The first-order valence-corrected chi connectivity index (χ1v) is 6.90. The van der Waals surface area contributed by atoms with Crippen molar-refractivity contribution < 1.29 is 24.1 Å². The average Bonchev–Trinajstić information content (AvgIpc) is 2.59. The van der Waals surface area contributed by atoms with Gasteiger partial charge >= 0.3 is 0 Å². The van der Waals surface area contributed by atoms with E-state index in [1.165, 1.54) is 25.3 Å². The van der Waals surface area contributed by atoms with E-state index in [1.807, 2.05) is 0 Å². The SMILES string of the molecule is COc1cc(/C=C/C(=O)c2cc(OC)ccc2O)cc(OC)c1. The van der Waals surface area contributed by atoms with Crippen LogP contribution in [0.2, 0.25) is 0 Å². The summed E-state index contributed by atoms with van der Waals surface area (Å²) in [6, 6.07) is 9.80. The van der Waals surface area contributed by atoms with Gasteiger partial charge in [-0.05, 0) is 42.0 Å². The number of carbonyl (C=O) groups excluding carboxylic acids is 1. The van der Waals surface area contributed by atoms with Crippen LogP contribution in [0.4, 0.5) is 0 Å². The zero-order valence-corrected chi connectivity index (χ0v) is 13.2. The lowest BCUT2D eigenvalue weighted by Crippen LogP contribution is -1.96. The number of phenols is 1. The van der Waals surface area contributed by atoms with Gasteiger partial charge in [0.2, 0.25) is 0 Å². The molecule has 0 bridgehead atoms. The Morgan fingerprint density at radius 3 is 2.09 bits per heavy atom. The summed E-state index contributed by atoms with van der Waals surface area (Å²) >= 11 is 0. The molecule has 0 radical (unpaired) electrons. The van der Waals surface area contributed by atoms with Gasteiger partial charge in [-0.3, -0.25) is 4.79 Å². The third kappa shape index (κ3) is 4.03. The number of methoxy groups -OCH3 is 3. The molecule has 0 amide bonds. The first-order chi connectivity index (χ1) is 11.1. The number of aromatic hydroxyl groups is 1. The van der Waals surface area contributed by atoms with Gasteiger partial charge in [0, 0.05) is 6.07 Å². The molecule has 0 aliphatic rings. The molecule has 2 aromatic carbocycles. The Bertz CT molecular complexity index is 712. The molecule has 5 heteroatoms. The number of ketones is 1. The third-order valence-electron chi connectivity index (χ3n) is 3.27. The van der Waals surface area contributed by atoms with Crippen molar-refractivity contribution in [3.63, 3.8) is 0 Å². The van der Waals surface area contributed by atoms with E-state index in [1.54, 1.807) is 44.6 Å². The van der Waals surface area contributed by atoms with Gasteiger partial charge in [0.25, 0.3) is 0 Å². The van der Waals surface area contributed by atoms with Crippen molar-refractivity contribution >= 4 is 11.9 Å². The first-order valence-electron chi connectivity index (χ1n) is 6.90. The van der Waals surface area contributed by atoms with Crippen LogP contribution in [0.25, 0.3) is 6.08 Å². The molecular formula is C18H18O5. The Labute approximate surface area is 134 Å². The van der Waals surface area contributed by atoms with E-state index in [-0.39, 0.29) is 17.1 Å². The maximum absolute atomic E-state index is 12.3. The summed E-state index contributed by atoms with van der Waals surface area (Å²) < 4.78 is 15.4. The van der Waals surface area contributed by atoms with E-state index in [9.17, 15) is 9.90 Å². The summed E-state index contributed by atoms with van der Waals surface area (Å²) in [5.41, 5.74) is 0.924. The van der Waals surface area contributed by atoms with Gasteiger partial charge in [0.05, 0.1) is 26.9 Å². The van der Waals surface area contributed by atoms with Crippen LogP contribution in [-0.4, -0.2) is 32.2 Å². The summed E-state index contributed by atoms with van der Waals surface area (Å²) in [6.07, 6.45) is 3.01. The predicted molar refractivity (Wildman–Crippen MR) is 87.6 cm³/mol. The van der Waals surface area contributed by atoms with Gasteiger partial charge in [0.15, 0.2) is 5.78 Å². The first kappa shape index (κ1) is 16.4. The molecule has 0 aliphatic heterocycles. The largest absolute Gasteiger partial charge is 0.507 e. The van der Waals surface area contributed by atoms with Crippen LogP contribution < -0.4 is 14.2 Å². The van der Waals surface area contributed by atoms with Crippen LogP contribution in [0, 0.1) is 0 Å². The molecule has 0 heterocycles. The van der Waals surface area contributed by atoms with Crippen molar-refractivity contribution in [2.24, 2.45) is 0 Å². The molecule has 0 unspecified atom stereocenters. The molecule has 120 valence electrons. The highest BCUT2D eigenvalue weighted by Gasteiger charge is 2.10. The van der Waals surface area contributed by atoms with E-state index in [0.29, 0.717) is 17.2 Å². The highest BCUT2D eigenvalue weighted by molar-refractivity contribution is 6.08. The number of hydrogen-bond donors (Lipinski definition) is 1. The summed E-state index contributed by atoms with van der Waals surface area (Å²) in [7, 11) is 4.61. The maximum Gasteiger partial charge on any atom is 0.189 e. The molecule has 0 saturated carbocycles. The van der Waals surface area contributed by atoms with Gasteiger partial charge in [-0.25, -0.2) is 0 Å². The van der Waals surface area contributed by atoms with E-state index >= 15 is 0 Å². The zero-order chi connectivity index (χ0) is 16.8. The lowest BCUT2D eigenvalue weighted by Gasteiger charge is -2.06. The van der Waals surface area contributed by atoms with E-state index in [0.717, 1.165) is 5.56 Å². The number of benzene rings is 2. The Morgan fingerprint density at radius 2 is 1.52 bits per heavy atom. The molecule has 0 aliphatic carbocycles. The van der Waals surface area contributed by atoms with Crippen molar-refractivity contribution in [2.75, 3.05) is 21.3 Å².